The molecule has 1 aliphatic heterocycles. The van der Waals surface area contributed by atoms with Crippen molar-refractivity contribution in [3.05, 3.63) is 59.7 Å². The first-order chi connectivity index (χ1) is 10.1. The van der Waals surface area contributed by atoms with Crippen LogP contribution in [-0.2, 0) is 6.42 Å². The largest absolute Gasteiger partial charge is 0.487 e. The Labute approximate surface area is 126 Å². The van der Waals surface area contributed by atoms with Crippen LogP contribution in [0.5, 0.6) is 5.75 Å². The average molecular weight is 307 g/mol. The molecule has 0 aromatic heterocycles. The molecule has 0 fully saturated rings. The van der Waals surface area contributed by atoms with Gasteiger partial charge in [-0.1, -0.05) is 24.3 Å². The Balaban J connectivity index is 1.72. The van der Waals surface area contributed by atoms with Gasteiger partial charge in [0, 0.05) is 16.7 Å². The molecule has 0 aliphatic carbocycles. The molecular formula is C16H15F2NOS. The number of rotatable bonds is 3. The first-order valence-corrected chi connectivity index (χ1v) is 7.70. The number of fused-ring (bicyclic) bond motifs is 1. The molecule has 1 aliphatic rings. The summed E-state index contributed by atoms with van der Waals surface area (Å²) in [5, 5.41) is 0. The van der Waals surface area contributed by atoms with Crippen LogP contribution >= 0.6 is 11.8 Å². The van der Waals surface area contributed by atoms with Gasteiger partial charge in [-0.15, -0.1) is 11.8 Å². The molecule has 0 spiro atoms. The lowest BCUT2D eigenvalue weighted by Crippen LogP contribution is -2.43. The highest BCUT2D eigenvalue weighted by Crippen LogP contribution is 2.35. The number of hydrogen-bond donors (Lipinski definition) is 1. The highest BCUT2D eigenvalue weighted by atomic mass is 32.2. The molecular weight excluding hydrogens is 292 g/mol. The average Bonchev–Trinajstić information content (AvgIpc) is 2.51. The Kier molecular flexibility index (Phi) is 4.12. The van der Waals surface area contributed by atoms with Crippen LogP contribution in [0.4, 0.5) is 8.78 Å². The monoisotopic (exact) mass is 307 g/mol. The van der Waals surface area contributed by atoms with Crippen LogP contribution in [-0.4, -0.2) is 17.9 Å². The van der Waals surface area contributed by atoms with Gasteiger partial charge in [-0.25, -0.2) is 8.78 Å². The van der Waals surface area contributed by atoms with E-state index in [1.165, 1.54) is 6.07 Å². The molecule has 0 amide bonds. The van der Waals surface area contributed by atoms with Gasteiger partial charge in [0.05, 0.1) is 0 Å². The quantitative estimate of drug-likeness (QED) is 0.944. The van der Waals surface area contributed by atoms with Crippen LogP contribution in [0.1, 0.15) is 5.56 Å². The molecule has 110 valence electrons. The molecule has 2 nitrogen and oxygen atoms in total. The summed E-state index contributed by atoms with van der Waals surface area (Å²) >= 11 is 1.67. The minimum atomic E-state index is -0.844. The highest BCUT2D eigenvalue weighted by molar-refractivity contribution is 7.99. The van der Waals surface area contributed by atoms with Gasteiger partial charge in [-0.3, -0.25) is 0 Å². The zero-order valence-corrected chi connectivity index (χ0v) is 12.1. The van der Waals surface area contributed by atoms with Gasteiger partial charge >= 0.3 is 0 Å². The fraction of sp³-hybridized carbons (Fsp3) is 0.250. The number of nitrogens with two attached hydrogens (primary N) is 1. The smallest absolute Gasteiger partial charge is 0.162 e. The van der Waals surface area contributed by atoms with Crippen molar-refractivity contribution < 1.29 is 13.5 Å². The van der Waals surface area contributed by atoms with E-state index in [2.05, 4.69) is 0 Å². The predicted molar refractivity (Wildman–Crippen MR) is 79.6 cm³/mol. The second-order valence-electron chi connectivity index (χ2n) is 4.99. The standard InChI is InChI=1S/C16H15F2NOS/c17-11-5-3-4-10(16(11)18)8-12(19)14-9-21-15-7-2-1-6-13(15)20-14/h1-7,12,14H,8-9,19H2. The number of hydrogen-bond acceptors (Lipinski definition) is 3. The van der Waals surface area contributed by atoms with Gasteiger partial charge in [0.15, 0.2) is 11.6 Å². The molecule has 0 saturated carbocycles. The molecule has 0 saturated heterocycles. The maximum atomic E-state index is 13.7. The maximum Gasteiger partial charge on any atom is 0.162 e. The Morgan fingerprint density at radius 3 is 2.86 bits per heavy atom. The third-order valence-corrected chi connectivity index (χ3v) is 4.64. The van der Waals surface area contributed by atoms with Crippen molar-refractivity contribution in [3.63, 3.8) is 0 Å². The van der Waals surface area contributed by atoms with Crippen LogP contribution in [0.15, 0.2) is 47.4 Å². The number of ether oxygens (including phenoxy) is 1. The summed E-state index contributed by atoms with van der Waals surface area (Å²) in [7, 11) is 0. The summed E-state index contributed by atoms with van der Waals surface area (Å²) in [6, 6.07) is 11.5. The first kappa shape index (κ1) is 14.4. The molecule has 21 heavy (non-hydrogen) atoms. The van der Waals surface area contributed by atoms with Crippen molar-refractivity contribution in [2.24, 2.45) is 5.73 Å². The van der Waals surface area contributed by atoms with Gasteiger partial charge in [0.1, 0.15) is 11.9 Å². The zero-order chi connectivity index (χ0) is 14.8. The fourth-order valence-electron chi connectivity index (χ4n) is 2.34. The van der Waals surface area contributed by atoms with E-state index in [9.17, 15) is 8.78 Å². The number of halogens is 2. The summed E-state index contributed by atoms with van der Waals surface area (Å²) in [5.41, 5.74) is 6.42. The number of thioether (sulfide) groups is 1. The van der Waals surface area contributed by atoms with Crippen LogP contribution in [0.3, 0.4) is 0 Å². The Morgan fingerprint density at radius 1 is 1.19 bits per heavy atom. The van der Waals surface area contributed by atoms with Crippen LogP contribution in [0.2, 0.25) is 0 Å². The van der Waals surface area contributed by atoms with E-state index < -0.39 is 11.6 Å². The summed E-state index contributed by atoms with van der Waals surface area (Å²) in [6.45, 7) is 0. The van der Waals surface area contributed by atoms with E-state index in [4.69, 9.17) is 10.5 Å². The topological polar surface area (TPSA) is 35.2 Å². The molecule has 2 aromatic carbocycles. The fourth-order valence-corrected chi connectivity index (χ4v) is 3.43. The highest BCUT2D eigenvalue weighted by Gasteiger charge is 2.26. The van der Waals surface area contributed by atoms with E-state index in [0.29, 0.717) is 5.75 Å². The lowest BCUT2D eigenvalue weighted by atomic mass is 10.0. The predicted octanol–water partition coefficient (Wildman–Crippen LogP) is 3.39. The minimum Gasteiger partial charge on any atom is -0.487 e. The summed E-state index contributed by atoms with van der Waals surface area (Å²) in [4.78, 5) is 1.08. The first-order valence-electron chi connectivity index (χ1n) is 6.72. The molecule has 3 rings (SSSR count). The lowest BCUT2D eigenvalue weighted by molar-refractivity contribution is 0.183. The van der Waals surface area contributed by atoms with E-state index >= 15 is 0 Å². The molecule has 1 heterocycles. The van der Waals surface area contributed by atoms with Crippen molar-refractivity contribution >= 4 is 11.8 Å². The van der Waals surface area contributed by atoms with E-state index in [1.807, 2.05) is 24.3 Å². The Bertz CT molecular complexity index is 650. The van der Waals surface area contributed by atoms with Crippen LogP contribution in [0.25, 0.3) is 0 Å². The minimum absolute atomic E-state index is 0.215. The van der Waals surface area contributed by atoms with Crippen molar-refractivity contribution in [3.8, 4) is 5.75 Å². The van der Waals surface area contributed by atoms with Gasteiger partial charge in [0.2, 0.25) is 0 Å². The van der Waals surface area contributed by atoms with Crippen molar-refractivity contribution in [1.29, 1.82) is 0 Å². The Morgan fingerprint density at radius 2 is 2.00 bits per heavy atom. The lowest BCUT2D eigenvalue weighted by Gasteiger charge is -2.29. The van der Waals surface area contributed by atoms with E-state index in [1.54, 1.807) is 17.8 Å². The van der Waals surface area contributed by atoms with Gasteiger partial charge in [-0.05, 0) is 30.2 Å². The third-order valence-electron chi connectivity index (χ3n) is 3.50. The van der Waals surface area contributed by atoms with Gasteiger partial charge < -0.3 is 10.5 Å². The Hall–Kier alpha value is -1.59. The van der Waals surface area contributed by atoms with Crippen LogP contribution < -0.4 is 10.5 Å². The van der Waals surface area contributed by atoms with E-state index in [-0.39, 0.29) is 24.1 Å². The van der Waals surface area contributed by atoms with Crippen molar-refractivity contribution in [1.82, 2.24) is 0 Å². The SMILES string of the molecule is NC(Cc1cccc(F)c1F)C1CSc2ccccc2O1. The van der Waals surface area contributed by atoms with Gasteiger partial charge in [0.25, 0.3) is 0 Å². The molecule has 2 unspecified atom stereocenters. The summed E-state index contributed by atoms with van der Waals surface area (Å²) in [6.07, 6.45) is 0.0318. The van der Waals surface area contributed by atoms with Crippen molar-refractivity contribution in [2.75, 3.05) is 5.75 Å². The van der Waals surface area contributed by atoms with Crippen molar-refractivity contribution in [2.45, 2.75) is 23.5 Å². The molecule has 2 aromatic rings. The number of benzene rings is 2. The summed E-state index contributed by atoms with van der Waals surface area (Å²) in [5.74, 6) is -0.163. The summed E-state index contributed by atoms with van der Waals surface area (Å²) < 4.78 is 32.8. The molecule has 0 bridgehead atoms. The van der Waals surface area contributed by atoms with Gasteiger partial charge in [-0.2, -0.15) is 0 Å². The van der Waals surface area contributed by atoms with Crippen LogP contribution in [0, 0.1) is 11.6 Å². The zero-order valence-electron chi connectivity index (χ0n) is 11.3. The normalized spacial score (nSPS) is 18.7. The molecule has 2 N–H and O–H groups in total. The second-order valence-corrected chi connectivity index (χ2v) is 6.06. The number of para-hydroxylation sites is 1. The van der Waals surface area contributed by atoms with E-state index in [0.717, 1.165) is 16.7 Å². The third kappa shape index (κ3) is 3.04. The molecule has 2 atom stereocenters. The molecule has 0 radical (unpaired) electrons. The maximum absolute atomic E-state index is 13.7. The molecule has 5 heteroatoms. The second kappa shape index (κ2) is 6.03.